The van der Waals surface area contributed by atoms with E-state index in [0.717, 1.165) is 63.4 Å². The number of rotatable bonds is 4. The van der Waals surface area contributed by atoms with Crippen LogP contribution in [0.1, 0.15) is 98.8 Å². The largest absolute Gasteiger partial charge is 0.465 e. The molecule has 5 nitrogen and oxygen atoms in total. The number of ketones is 1. The smallest absolute Gasteiger partial charge is 0.302 e. The van der Waals surface area contributed by atoms with Crippen LogP contribution in [0.15, 0.2) is 12.2 Å². The number of aliphatic hydroxyl groups is 1. The van der Waals surface area contributed by atoms with Crippen LogP contribution >= 0.6 is 0 Å². The van der Waals surface area contributed by atoms with Gasteiger partial charge in [0.05, 0.1) is 23.5 Å². The Bertz CT molecular complexity index is 1050. The molecule has 204 valence electrons. The summed E-state index contributed by atoms with van der Waals surface area (Å²) in [6.45, 7) is 15.5. The van der Waals surface area contributed by atoms with Crippen molar-refractivity contribution in [2.75, 3.05) is 13.2 Å². The lowest BCUT2D eigenvalue weighted by Gasteiger charge is -2.72. The second-order valence-corrected chi connectivity index (χ2v) is 14.5. The minimum absolute atomic E-state index is 0.0146. The van der Waals surface area contributed by atoms with Crippen LogP contribution in [0.2, 0.25) is 0 Å². The molecule has 5 rings (SSSR count). The molecular formula is C32H47NO4. The fraction of sp³-hybridized carbons (Fsp3) is 0.844. The Kier molecular flexibility index (Phi) is 6.31. The predicted molar refractivity (Wildman–Crippen MR) is 142 cm³/mol. The molecule has 0 bridgehead atoms. The second kappa shape index (κ2) is 8.67. The van der Waals surface area contributed by atoms with Crippen LogP contribution < -0.4 is 0 Å². The fourth-order valence-corrected chi connectivity index (χ4v) is 11.4. The number of fused-ring (bicyclic) bond motifs is 7. The van der Waals surface area contributed by atoms with Gasteiger partial charge in [0.1, 0.15) is 12.4 Å². The van der Waals surface area contributed by atoms with Gasteiger partial charge >= 0.3 is 5.97 Å². The number of ether oxygens (including phenoxy) is 1. The lowest BCUT2D eigenvalue weighted by Crippen LogP contribution is -2.67. The van der Waals surface area contributed by atoms with Gasteiger partial charge in [-0.05, 0) is 116 Å². The lowest BCUT2D eigenvalue weighted by atomic mass is 9.32. The lowest BCUT2D eigenvalue weighted by molar-refractivity contribution is -0.234. The van der Waals surface area contributed by atoms with E-state index in [-0.39, 0.29) is 64.4 Å². The van der Waals surface area contributed by atoms with E-state index in [9.17, 15) is 20.0 Å². The first-order valence-electron chi connectivity index (χ1n) is 14.7. The molecule has 1 N–H and O–H groups in total. The van der Waals surface area contributed by atoms with E-state index < -0.39 is 5.41 Å². The summed E-state index contributed by atoms with van der Waals surface area (Å²) in [5.41, 5.74) is 0.283. The summed E-state index contributed by atoms with van der Waals surface area (Å²) >= 11 is 0. The van der Waals surface area contributed by atoms with Crippen molar-refractivity contribution in [2.24, 2.45) is 56.7 Å². The van der Waals surface area contributed by atoms with E-state index >= 15 is 0 Å². The van der Waals surface area contributed by atoms with Crippen LogP contribution in [0.25, 0.3) is 0 Å². The molecule has 0 unspecified atom stereocenters. The van der Waals surface area contributed by atoms with Crippen molar-refractivity contribution < 1.29 is 19.4 Å². The minimum atomic E-state index is -0.615. The first-order chi connectivity index (χ1) is 17.3. The van der Waals surface area contributed by atoms with Crippen molar-refractivity contribution in [1.29, 1.82) is 5.26 Å². The van der Waals surface area contributed by atoms with E-state index in [2.05, 4.69) is 40.3 Å². The molecule has 0 saturated heterocycles. The molecule has 5 heteroatoms. The first kappa shape index (κ1) is 26.9. The third kappa shape index (κ3) is 3.43. The number of hydrogen-bond acceptors (Lipinski definition) is 5. The summed E-state index contributed by atoms with van der Waals surface area (Å²) in [4.78, 5) is 25.0. The van der Waals surface area contributed by atoms with Crippen LogP contribution in [0, 0.1) is 68.0 Å². The van der Waals surface area contributed by atoms with Crippen molar-refractivity contribution in [2.45, 2.75) is 98.8 Å². The number of nitriles is 1. The molecule has 0 spiro atoms. The summed E-state index contributed by atoms with van der Waals surface area (Å²) in [5, 5.41) is 20.5. The summed E-state index contributed by atoms with van der Waals surface area (Å²) < 4.78 is 5.51. The van der Waals surface area contributed by atoms with Crippen LogP contribution in [0.3, 0.4) is 0 Å². The first-order valence-corrected chi connectivity index (χ1v) is 14.7. The summed E-state index contributed by atoms with van der Waals surface area (Å²) in [7, 11) is 0. The average Bonchev–Trinajstić information content (AvgIpc) is 3.25. The Hall–Kier alpha value is -1.67. The second-order valence-electron chi connectivity index (χ2n) is 14.5. The van der Waals surface area contributed by atoms with Crippen molar-refractivity contribution in [3.63, 3.8) is 0 Å². The standard InChI is InChI=1S/C32H47NO4/c1-20(17-34)22-9-14-32(18-33)16-15-30(5)23(27(22)32)7-8-25-28(3)12-11-26(36)29(4,19-37-21(2)35)24(28)10-13-31(25,30)6/h22-25,27,34H,1,7-17,19H2,2-6H3/t22-,23+,24+,25+,27+,28-,29-,30+,31+,32+/m0/s1. The van der Waals surface area contributed by atoms with Gasteiger partial charge in [-0.15, -0.1) is 0 Å². The highest BCUT2D eigenvalue weighted by atomic mass is 16.5. The van der Waals surface area contributed by atoms with E-state index in [4.69, 9.17) is 4.74 Å². The van der Waals surface area contributed by atoms with E-state index in [0.29, 0.717) is 18.3 Å². The Balaban J connectivity index is 1.52. The zero-order valence-electron chi connectivity index (χ0n) is 23.7. The number of nitrogens with zero attached hydrogens (tertiary/aromatic N) is 1. The zero-order chi connectivity index (χ0) is 27.0. The van der Waals surface area contributed by atoms with E-state index in [1.54, 1.807) is 0 Å². The number of hydrogen-bond donors (Lipinski definition) is 1. The number of Topliss-reactive ketones (excluding diaryl/α,β-unsaturated/α-hetero) is 1. The van der Waals surface area contributed by atoms with Crippen molar-refractivity contribution >= 4 is 11.8 Å². The molecule has 0 heterocycles. The molecule has 0 aromatic rings. The molecule has 5 fully saturated rings. The maximum absolute atomic E-state index is 13.3. The maximum atomic E-state index is 13.3. The highest BCUT2D eigenvalue weighted by Gasteiger charge is 2.71. The number of esters is 1. The van der Waals surface area contributed by atoms with Gasteiger partial charge in [0.15, 0.2) is 0 Å². The Morgan fingerprint density at radius 1 is 1.03 bits per heavy atom. The summed E-state index contributed by atoms with van der Waals surface area (Å²) in [6.07, 6.45) is 9.70. The number of aliphatic hydroxyl groups excluding tert-OH is 1. The van der Waals surface area contributed by atoms with Crippen LogP contribution in [0.5, 0.6) is 0 Å². The predicted octanol–water partition coefficient (Wildman–Crippen LogP) is 6.25. The molecule has 0 amide bonds. The topological polar surface area (TPSA) is 87.4 Å². The molecule has 5 aliphatic carbocycles. The van der Waals surface area contributed by atoms with Gasteiger partial charge in [0.25, 0.3) is 0 Å². The number of carbonyl (C=O) groups excluding carboxylic acids is 2. The van der Waals surface area contributed by atoms with Crippen LogP contribution in [-0.2, 0) is 14.3 Å². The monoisotopic (exact) mass is 509 g/mol. The third-order valence-electron chi connectivity index (χ3n) is 13.5. The molecule has 0 aromatic carbocycles. The van der Waals surface area contributed by atoms with Gasteiger partial charge in [0.2, 0.25) is 0 Å². The highest BCUT2D eigenvalue weighted by Crippen LogP contribution is 2.77. The van der Waals surface area contributed by atoms with Gasteiger partial charge < -0.3 is 9.84 Å². The Morgan fingerprint density at radius 3 is 2.41 bits per heavy atom. The zero-order valence-corrected chi connectivity index (χ0v) is 23.7. The quantitative estimate of drug-likeness (QED) is 0.357. The SMILES string of the molecule is C=C(CO)[C@@H]1CC[C@]2(C#N)CC[C@]3(C)[C@H](CC[C@@H]4[C@@]5(C)CCC(=O)[C@@](C)(COC(C)=O)[C@@H]5CC[C@]43C)[C@@H]12. The molecule has 0 aliphatic heterocycles. The van der Waals surface area contributed by atoms with Crippen molar-refractivity contribution in [1.82, 2.24) is 0 Å². The van der Waals surface area contributed by atoms with Crippen LogP contribution in [0.4, 0.5) is 0 Å². The summed E-state index contributed by atoms with van der Waals surface area (Å²) in [5.74, 6) is 1.63. The van der Waals surface area contributed by atoms with Crippen molar-refractivity contribution in [3.05, 3.63) is 12.2 Å². The van der Waals surface area contributed by atoms with E-state index in [1.807, 2.05) is 0 Å². The molecular weight excluding hydrogens is 462 g/mol. The van der Waals surface area contributed by atoms with Gasteiger partial charge in [0, 0.05) is 13.3 Å². The molecule has 37 heavy (non-hydrogen) atoms. The molecule has 0 radical (unpaired) electrons. The Morgan fingerprint density at radius 2 is 1.76 bits per heavy atom. The van der Waals surface area contributed by atoms with Crippen LogP contribution in [-0.4, -0.2) is 30.1 Å². The fourth-order valence-electron chi connectivity index (χ4n) is 11.4. The Labute approximate surface area is 223 Å². The average molecular weight is 510 g/mol. The highest BCUT2D eigenvalue weighted by molar-refractivity contribution is 5.86. The third-order valence-corrected chi connectivity index (χ3v) is 13.5. The normalized spacial score (nSPS) is 50.6. The van der Waals surface area contributed by atoms with Gasteiger partial charge in [-0.25, -0.2) is 0 Å². The van der Waals surface area contributed by atoms with E-state index in [1.165, 1.54) is 6.92 Å². The van der Waals surface area contributed by atoms with Gasteiger partial charge in [-0.1, -0.05) is 27.4 Å². The molecule has 10 atom stereocenters. The summed E-state index contributed by atoms with van der Waals surface area (Å²) in [6, 6.07) is 2.81. The van der Waals surface area contributed by atoms with Gasteiger partial charge in [-0.2, -0.15) is 5.26 Å². The maximum Gasteiger partial charge on any atom is 0.302 e. The molecule has 0 aromatic heterocycles. The van der Waals surface area contributed by atoms with Gasteiger partial charge in [-0.3, -0.25) is 9.59 Å². The van der Waals surface area contributed by atoms with Crippen molar-refractivity contribution in [3.8, 4) is 6.07 Å². The minimum Gasteiger partial charge on any atom is -0.465 e. The number of carbonyl (C=O) groups is 2. The molecule has 5 saturated carbocycles. The molecule has 5 aliphatic rings.